The van der Waals surface area contributed by atoms with Gasteiger partial charge >= 0.3 is 5.97 Å². The molecule has 0 bridgehead atoms. The first-order valence-corrected chi connectivity index (χ1v) is 17.3. The first kappa shape index (κ1) is 31.3. The van der Waals surface area contributed by atoms with Crippen molar-refractivity contribution in [2.75, 3.05) is 7.05 Å². The number of carbonyl (C=O) groups is 3. The molecule has 43 heavy (non-hydrogen) atoms. The van der Waals surface area contributed by atoms with E-state index < -0.39 is 5.41 Å². The fraction of sp³-hybridized carbons (Fsp3) is 0.865. The summed E-state index contributed by atoms with van der Waals surface area (Å²) in [6.45, 7) is 17.9. The smallest absolute Gasteiger partial charge is 0.302 e. The van der Waals surface area contributed by atoms with Crippen molar-refractivity contribution in [3.63, 3.8) is 0 Å². The van der Waals surface area contributed by atoms with Gasteiger partial charge in [-0.3, -0.25) is 19.2 Å². The molecule has 0 aromatic rings. The van der Waals surface area contributed by atoms with E-state index in [1.807, 2.05) is 0 Å². The maximum atomic E-state index is 14.6. The Morgan fingerprint density at radius 3 is 2.19 bits per heavy atom. The van der Waals surface area contributed by atoms with Crippen LogP contribution in [-0.4, -0.2) is 42.0 Å². The van der Waals surface area contributed by atoms with E-state index in [1.165, 1.54) is 18.9 Å². The number of allylic oxidation sites excluding steroid dienone is 2. The van der Waals surface area contributed by atoms with Crippen molar-refractivity contribution in [3.8, 4) is 0 Å². The second kappa shape index (κ2) is 9.90. The zero-order valence-electron chi connectivity index (χ0n) is 28.4. The summed E-state index contributed by atoms with van der Waals surface area (Å²) in [6, 6.07) is 0. The molecule has 1 amide bonds. The summed E-state index contributed by atoms with van der Waals surface area (Å²) in [7, 11) is 1.80. The Kier molecular flexibility index (Phi) is 7.21. The van der Waals surface area contributed by atoms with Crippen molar-refractivity contribution in [2.24, 2.45) is 50.2 Å². The lowest BCUT2D eigenvalue weighted by molar-refractivity contribution is -0.222. The summed E-state index contributed by atoms with van der Waals surface area (Å²) >= 11 is 0. The number of amides is 1. The lowest BCUT2D eigenvalue weighted by Gasteiger charge is -2.70. The highest BCUT2D eigenvalue weighted by Crippen LogP contribution is 2.75. The van der Waals surface area contributed by atoms with Gasteiger partial charge in [-0.2, -0.15) is 0 Å². The Balaban J connectivity index is 1.34. The lowest BCUT2D eigenvalue weighted by Crippen LogP contribution is -2.66. The molecule has 0 aromatic heterocycles. The van der Waals surface area contributed by atoms with Crippen LogP contribution in [0.15, 0.2) is 11.6 Å². The lowest BCUT2D eigenvalue weighted by atomic mass is 9.33. The van der Waals surface area contributed by atoms with E-state index in [4.69, 9.17) is 9.57 Å². The van der Waals surface area contributed by atoms with E-state index in [9.17, 15) is 14.4 Å². The van der Waals surface area contributed by atoms with Gasteiger partial charge in [0.1, 0.15) is 6.10 Å². The van der Waals surface area contributed by atoms with Gasteiger partial charge in [-0.1, -0.05) is 54.0 Å². The number of nitrogens with zero attached hydrogens (tertiary/aromatic N) is 1. The first-order valence-electron chi connectivity index (χ1n) is 17.3. The van der Waals surface area contributed by atoms with E-state index in [-0.39, 0.29) is 63.0 Å². The predicted molar refractivity (Wildman–Crippen MR) is 166 cm³/mol. The monoisotopic (exact) mass is 595 g/mol. The number of esters is 1. The SMILES string of the molecule is CC(=O)O[C@H]1CC[C@@]2(C)C(CC[C@]3(C)[C@@H]2C(=O)C=C2[C@@H]4C[C@@](C)(C(=O)N(C)OC5CCC5)CC[C@]4(C)CC[C@]23C)C1(C)C. The molecular formula is C37H57NO5. The van der Waals surface area contributed by atoms with E-state index in [0.29, 0.717) is 11.7 Å². The van der Waals surface area contributed by atoms with Crippen molar-refractivity contribution in [1.29, 1.82) is 0 Å². The Morgan fingerprint density at radius 1 is 0.884 bits per heavy atom. The Bertz CT molecular complexity index is 1240. The molecule has 6 aliphatic rings. The highest BCUT2D eigenvalue weighted by molar-refractivity contribution is 5.95. The number of carbonyl (C=O) groups excluding carboxylic acids is 3. The number of ketones is 1. The fourth-order valence-corrected chi connectivity index (χ4v) is 11.9. The Labute approximate surface area is 260 Å². The van der Waals surface area contributed by atoms with E-state index in [1.54, 1.807) is 12.1 Å². The number of fused-ring (bicyclic) bond motifs is 7. The minimum atomic E-state index is -0.495. The molecule has 6 heteroatoms. The van der Waals surface area contributed by atoms with Crippen LogP contribution in [-0.2, 0) is 24.0 Å². The zero-order valence-corrected chi connectivity index (χ0v) is 28.4. The minimum absolute atomic E-state index is 0.0481. The van der Waals surface area contributed by atoms with Crippen molar-refractivity contribution < 1.29 is 24.0 Å². The third-order valence-electron chi connectivity index (χ3n) is 15.0. The molecular weight excluding hydrogens is 538 g/mol. The molecule has 0 spiro atoms. The number of hydroxylamine groups is 2. The molecule has 1 unspecified atom stereocenters. The number of hydrogen-bond acceptors (Lipinski definition) is 5. The highest BCUT2D eigenvalue weighted by Gasteiger charge is 2.70. The minimum Gasteiger partial charge on any atom is -0.462 e. The second-order valence-corrected chi connectivity index (χ2v) is 17.7. The van der Waals surface area contributed by atoms with Gasteiger partial charge in [0.15, 0.2) is 5.78 Å². The van der Waals surface area contributed by atoms with Crippen LogP contribution in [0.3, 0.4) is 0 Å². The summed E-state index contributed by atoms with van der Waals surface area (Å²) in [4.78, 5) is 46.6. The van der Waals surface area contributed by atoms with Gasteiger partial charge in [0, 0.05) is 30.7 Å². The summed E-state index contributed by atoms with van der Waals surface area (Å²) in [5.41, 5.74) is 0.382. The average Bonchev–Trinajstić information content (AvgIpc) is 2.89. The fourth-order valence-electron chi connectivity index (χ4n) is 11.9. The standard InChI is InChI=1S/C37H57NO5/c1-23(39)42-29-14-15-35(6)28(32(29,2)3)13-16-37(8)30(35)27(40)21-25-26-22-34(5,31(41)38(9)43-24-11-10-12-24)18-17-33(26,4)19-20-36(25,37)7/h21,24,26,28-30H,10-20,22H2,1-9H3/t26-,28?,29-,30+,33+,34-,35-,36+,37+/m0/s1. The van der Waals surface area contributed by atoms with Crippen LogP contribution >= 0.6 is 0 Å². The van der Waals surface area contributed by atoms with Crippen molar-refractivity contribution in [1.82, 2.24) is 5.06 Å². The molecule has 0 aliphatic heterocycles. The normalized spacial score (nSPS) is 47.1. The van der Waals surface area contributed by atoms with Crippen LogP contribution in [0.5, 0.6) is 0 Å². The molecule has 6 nitrogen and oxygen atoms in total. The molecule has 240 valence electrons. The maximum absolute atomic E-state index is 14.6. The zero-order chi connectivity index (χ0) is 31.4. The van der Waals surface area contributed by atoms with Gasteiger partial charge in [-0.05, 0) is 117 Å². The number of ether oxygens (including phenoxy) is 1. The molecule has 0 radical (unpaired) electrons. The molecule has 6 rings (SSSR count). The van der Waals surface area contributed by atoms with Crippen LogP contribution < -0.4 is 0 Å². The maximum Gasteiger partial charge on any atom is 0.302 e. The predicted octanol–water partition coefficient (Wildman–Crippen LogP) is 7.84. The second-order valence-electron chi connectivity index (χ2n) is 17.7. The van der Waals surface area contributed by atoms with Crippen molar-refractivity contribution in [3.05, 3.63) is 11.6 Å². The van der Waals surface area contributed by atoms with Gasteiger partial charge in [0.25, 0.3) is 5.91 Å². The van der Waals surface area contributed by atoms with Gasteiger partial charge in [0.2, 0.25) is 0 Å². The van der Waals surface area contributed by atoms with E-state index in [0.717, 1.165) is 70.6 Å². The summed E-state index contributed by atoms with van der Waals surface area (Å²) in [5.74, 6) is 0.675. The summed E-state index contributed by atoms with van der Waals surface area (Å²) in [5, 5.41) is 1.54. The molecule has 5 fully saturated rings. The molecule has 0 saturated heterocycles. The Hall–Kier alpha value is -1.69. The molecule has 0 N–H and O–H groups in total. The van der Waals surface area contributed by atoms with Crippen molar-refractivity contribution >= 4 is 17.7 Å². The van der Waals surface area contributed by atoms with Crippen LogP contribution in [0.2, 0.25) is 0 Å². The van der Waals surface area contributed by atoms with E-state index >= 15 is 0 Å². The van der Waals surface area contributed by atoms with Gasteiger partial charge in [-0.25, -0.2) is 5.06 Å². The average molecular weight is 596 g/mol. The van der Waals surface area contributed by atoms with Crippen molar-refractivity contribution in [2.45, 2.75) is 145 Å². The van der Waals surface area contributed by atoms with E-state index in [2.05, 4.69) is 54.5 Å². The largest absolute Gasteiger partial charge is 0.462 e. The number of hydrogen-bond donors (Lipinski definition) is 0. The first-order chi connectivity index (χ1) is 19.9. The molecule has 6 aliphatic carbocycles. The topological polar surface area (TPSA) is 72.9 Å². The molecule has 5 saturated carbocycles. The third-order valence-corrected chi connectivity index (χ3v) is 15.0. The molecule has 0 heterocycles. The highest BCUT2D eigenvalue weighted by atomic mass is 16.7. The summed E-state index contributed by atoms with van der Waals surface area (Å²) in [6.07, 6.45) is 14.1. The number of rotatable bonds is 4. The van der Waals surface area contributed by atoms with Crippen LogP contribution in [0, 0.1) is 50.2 Å². The van der Waals surface area contributed by atoms with Gasteiger partial charge in [-0.15, -0.1) is 0 Å². The van der Waals surface area contributed by atoms with Crippen LogP contribution in [0.4, 0.5) is 0 Å². The van der Waals surface area contributed by atoms with Gasteiger partial charge in [0.05, 0.1) is 6.10 Å². The molecule has 9 atom stereocenters. The molecule has 0 aromatic carbocycles. The third kappa shape index (κ3) is 4.37. The van der Waals surface area contributed by atoms with Crippen LogP contribution in [0.25, 0.3) is 0 Å². The quantitative estimate of drug-likeness (QED) is 0.245. The summed E-state index contributed by atoms with van der Waals surface area (Å²) < 4.78 is 5.88. The Morgan fingerprint density at radius 2 is 1.56 bits per heavy atom. The van der Waals surface area contributed by atoms with Gasteiger partial charge < -0.3 is 4.74 Å². The van der Waals surface area contributed by atoms with Crippen LogP contribution in [0.1, 0.15) is 132 Å².